The van der Waals surface area contributed by atoms with Gasteiger partial charge in [-0.3, -0.25) is 4.79 Å². The van der Waals surface area contributed by atoms with Gasteiger partial charge in [-0.1, -0.05) is 51.5 Å². The Morgan fingerprint density at radius 1 is 1.04 bits per heavy atom. The first-order valence-corrected chi connectivity index (χ1v) is 8.01. The van der Waals surface area contributed by atoms with Crippen molar-refractivity contribution >= 4 is 5.91 Å². The van der Waals surface area contributed by atoms with Gasteiger partial charge < -0.3 is 5.32 Å². The van der Waals surface area contributed by atoms with Gasteiger partial charge in [0.15, 0.2) is 0 Å². The molecule has 1 aromatic rings. The molecule has 0 saturated heterocycles. The van der Waals surface area contributed by atoms with E-state index in [9.17, 15) is 22.4 Å². The van der Waals surface area contributed by atoms with Crippen LogP contribution in [0, 0.1) is 5.82 Å². The van der Waals surface area contributed by atoms with Crippen molar-refractivity contribution in [2.24, 2.45) is 0 Å². The molecule has 0 aromatic heterocycles. The zero-order chi connectivity index (χ0) is 17.3. The zero-order valence-corrected chi connectivity index (χ0v) is 13.3. The molecular formula is C17H23F4NO. The quantitative estimate of drug-likeness (QED) is 0.480. The van der Waals surface area contributed by atoms with Gasteiger partial charge in [0.1, 0.15) is 5.82 Å². The van der Waals surface area contributed by atoms with E-state index < -0.39 is 29.0 Å². The van der Waals surface area contributed by atoms with Gasteiger partial charge in [0, 0.05) is 6.54 Å². The number of benzene rings is 1. The van der Waals surface area contributed by atoms with Crippen LogP contribution in [0.25, 0.3) is 0 Å². The molecule has 0 aliphatic rings. The lowest BCUT2D eigenvalue weighted by Crippen LogP contribution is -2.26. The van der Waals surface area contributed by atoms with E-state index in [1.165, 1.54) is 19.3 Å². The Hall–Kier alpha value is -1.59. The van der Waals surface area contributed by atoms with E-state index >= 15 is 0 Å². The molecule has 6 heteroatoms. The third-order valence-corrected chi connectivity index (χ3v) is 3.61. The van der Waals surface area contributed by atoms with E-state index in [-0.39, 0.29) is 0 Å². The highest BCUT2D eigenvalue weighted by Crippen LogP contribution is 2.32. The zero-order valence-electron chi connectivity index (χ0n) is 13.3. The predicted octanol–water partition coefficient (Wildman–Crippen LogP) is 5.32. The van der Waals surface area contributed by atoms with E-state index in [0.29, 0.717) is 12.6 Å². The maximum absolute atomic E-state index is 13.8. The Kier molecular flexibility index (Phi) is 8.06. The maximum atomic E-state index is 13.8. The lowest BCUT2D eigenvalue weighted by atomic mass is 10.1. The van der Waals surface area contributed by atoms with Crippen LogP contribution in [-0.2, 0) is 6.18 Å². The summed E-state index contributed by atoms with van der Waals surface area (Å²) in [5, 5.41) is 2.47. The van der Waals surface area contributed by atoms with Gasteiger partial charge in [-0.15, -0.1) is 0 Å². The number of alkyl halides is 3. The van der Waals surface area contributed by atoms with Crippen LogP contribution in [0.3, 0.4) is 0 Å². The smallest absolute Gasteiger partial charge is 0.352 e. The van der Waals surface area contributed by atoms with Crippen molar-refractivity contribution in [1.82, 2.24) is 5.32 Å². The number of halogens is 4. The van der Waals surface area contributed by atoms with Gasteiger partial charge in [-0.2, -0.15) is 13.2 Å². The minimum atomic E-state index is -4.81. The summed E-state index contributed by atoms with van der Waals surface area (Å²) in [6.07, 6.45) is 2.66. The first-order chi connectivity index (χ1) is 10.9. The van der Waals surface area contributed by atoms with Crippen molar-refractivity contribution in [3.63, 3.8) is 0 Å². The van der Waals surface area contributed by atoms with Crippen LogP contribution in [0.4, 0.5) is 17.6 Å². The van der Waals surface area contributed by atoms with Gasteiger partial charge in [0.25, 0.3) is 5.91 Å². The highest BCUT2D eigenvalue weighted by atomic mass is 19.4. The van der Waals surface area contributed by atoms with Crippen LogP contribution in [0.1, 0.15) is 67.8 Å². The summed E-state index contributed by atoms with van der Waals surface area (Å²) in [5.74, 6) is -2.32. The number of rotatable bonds is 9. The Morgan fingerprint density at radius 3 is 2.26 bits per heavy atom. The summed E-state index contributed by atoms with van der Waals surface area (Å²) >= 11 is 0. The van der Waals surface area contributed by atoms with Crippen LogP contribution in [0.15, 0.2) is 18.2 Å². The van der Waals surface area contributed by atoms with Crippen LogP contribution in [0.5, 0.6) is 0 Å². The van der Waals surface area contributed by atoms with Crippen LogP contribution < -0.4 is 5.32 Å². The lowest BCUT2D eigenvalue weighted by Gasteiger charge is -2.11. The standard InChI is InChI=1S/C17H23F4NO/c1-2-3-4-5-6-7-8-12-22-16(23)13-10-9-11-14(15(13)18)17(19,20)21/h9-11H,2-8,12H2,1H3,(H,22,23). The molecule has 0 aliphatic carbocycles. The van der Waals surface area contributed by atoms with E-state index in [1.807, 2.05) is 0 Å². The topological polar surface area (TPSA) is 29.1 Å². The molecule has 0 radical (unpaired) electrons. The summed E-state index contributed by atoms with van der Waals surface area (Å²) in [4.78, 5) is 11.8. The van der Waals surface area contributed by atoms with Crippen molar-refractivity contribution in [3.05, 3.63) is 35.1 Å². The fourth-order valence-corrected chi connectivity index (χ4v) is 2.31. The van der Waals surface area contributed by atoms with Crippen molar-refractivity contribution < 1.29 is 22.4 Å². The van der Waals surface area contributed by atoms with Gasteiger partial charge >= 0.3 is 6.18 Å². The van der Waals surface area contributed by atoms with Crippen molar-refractivity contribution in [1.29, 1.82) is 0 Å². The van der Waals surface area contributed by atoms with E-state index in [2.05, 4.69) is 12.2 Å². The molecule has 23 heavy (non-hydrogen) atoms. The predicted molar refractivity (Wildman–Crippen MR) is 81.7 cm³/mol. The number of hydrogen-bond acceptors (Lipinski definition) is 1. The Labute approximate surface area is 134 Å². The first kappa shape index (κ1) is 19.5. The Morgan fingerprint density at radius 2 is 1.65 bits per heavy atom. The fraction of sp³-hybridized carbons (Fsp3) is 0.588. The van der Waals surface area contributed by atoms with Gasteiger partial charge in [-0.25, -0.2) is 4.39 Å². The van der Waals surface area contributed by atoms with E-state index in [0.717, 1.165) is 37.8 Å². The number of nitrogens with one attached hydrogen (secondary N) is 1. The third-order valence-electron chi connectivity index (χ3n) is 3.61. The van der Waals surface area contributed by atoms with Crippen molar-refractivity contribution in [3.8, 4) is 0 Å². The number of unbranched alkanes of at least 4 members (excludes halogenated alkanes) is 6. The summed E-state index contributed by atoms with van der Waals surface area (Å²) < 4.78 is 51.6. The normalized spacial score (nSPS) is 11.5. The molecule has 0 spiro atoms. The van der Waals surface area contributed by atoms with Gasteiger partial charge in [-0.05, 0) is 18.6 Å². The molecule has 1 aromatic carbocycles. The first-order valence-electron chi connectivity index (χ1n) is 8.01. The second-order valence-electron chi connectivity index (χ2n) is 5.54. The largest absolute Gasteiger partial charge is 0.419 e. The van der Waals surface area contributed by atoms with Crippen molar-refractivity contribution in [2.75, 3.05) is 6.54 Å². The number of hydrogen-bond donors (Lipinski definition) is 1. The molecular weight excluding hydrogens is 310 g/mol. The molecule has 1 amide bonds. The van der Waals surface area contributed by atoms with Gasteiger partial charge in [0.2, 0.25) is 0 Å². The molecule has 0 unspecified atom stereocenters. The van der Waals surface area contributed by atoms with Crippen LogP contribution >= 0.6 is 0 Å². The molecule has 1 rings (SSSR count). The number of carbonyl (C=O) groups is 1. The molecule has 1 N–H and O–H groups in total. The number of amides is 1. The SMILES string of the molecule is CCCCCCCCCNC(=O)c1cccc(C(F)(F)F)c1F. The average molecular weight is 333 g/mol. The second kappa shape index (κ2) is 9.53. The van der Waals surface area contributed by atoms with Crippen LogP contribution in [-0.4, -0.2) is 12.5 Å². The third kappa shape index (κ3) is 6.59. The monoisotopic (exact) mass is 333 g/mol. The minimum Gasteiger partial charge on any atom is -0.352 e. The molecule has 0 heterocycles. The second-order valence-corrected chi connectivity index (χ2v) is 5.54. The summed E-state index contributed by atoms with van der Waals surface area (Å²) in [5.41, 5.74) is -1.98. The van der Waals surface area contributed by atoms with Crippen LogP contribution in [0.2, 0.25) is 0 Å². The Balaban J connectivity index is 2.41. The molecule has 0 fully saturated rings. The molecule has 2 nitrogen and oxygen atoms in total. The minimum absolute atomic E-state index is 0.336. The molecule has 0 bridgehead atoms. The molecule has 0 atom stereocenters. The fourth-order valence-electron chi connectivity index (χ4n) is 2.31. The summed E-state index contributed by atoms with van der Waals surface area (Å²) in [7, 11) is 0. The molecule has 0 saturated carbocycles. The molecule has 0 aliphatic heterocycles. The van der Waals surface area contributed by atoms with Gasteiger partial charge in [0.05, 0.1) is 11.1 Å². The maximum Gasteiger partial charge on any atom is 0.419 e. The highest BCUT2D eigenvalue weighted by molar-refractivity contribution is 5.94. The molecule has 130 valence electrons. The Bertz CT molecular complexity index is 500. The van der Waals surface area contributed by atoms with E-state index in [1.54, 1.807) is 0 Å². The summed E-state index contributed by atoms with van der Waals surface area (Å²) in [6, 6.07) is 2.72. The van der Waals surface area contributed by atoms with E-state index in [4.69, 9.17) is 0 Å². The number of carbonyl (C=O) groups excluding carboxylic acids is 1. The van der Waals surface area contributed by atoms with Crippen molar-refractivity contribution in [2.45, 2.75) is 58.0 Å². The lowest BCUT2D eigenvalue weighted by molar-refractivity contribution is -0.140. The average Bonchev–Trinajstić information content (AvgIpc) is 2.48. The summed E-state index contributed by atoms with van der Waals surface area (Å²) in [6.45, 7) is 2.48. The highest BCUT2D eigenvalue weighted by Gasteiger charge is 2.35.